The molecule has 4 nitrogen and oxygen atoms in total. The number of anilines is 2. The summed E-state index contributed by atoms with van der Waals surface area (Å²) in [6.45, 7) is 4.21. The molecule has 1 aromatic carbocycles. The molecule has 0 bridgehead atoms. The monoisotopic (exact) mass is 257 g/mol. The molecule has 1 heterocycles. The lowest BCUT2D eigenvalue weighted by Gasteiger charge is -2.17. The minimum atomic E-state index is 0.169. The second-order valence-electron chi connectivity index (χ2n) is 4.52. The van der Waals surface area contributed by atoms with Gasteiger partial charge < -0.3 is 15.8 Å². The van der Waals surface area contributed by atoms with Crippen LogP contribution in [0.15, 0.2) is 36.4 Å². The van der Waals surface area contributed by atoms with E-state index in [4.69, 9.17) is 10.5 Å². The van der Waals surface area contributed by atoms with E-state index < -0.39 is 0 Å². The van der Waals surface area contributed by atoms with Crippen molar-refractivity contribution in [1.82, 2.24) is 4.98 Å². The van der Waals surface area contributed by atoms with Crippen LogP contribution in [0.2, 0.25) is 0 Å². The van der Waals surface area contributed by atoms with Gasteiger partial charge in [-0.1, -0.05) is 24.3 Å². The van der Waals surface area contributed by atoms with Crippen LogP contribution in [0.1, 0.15) is 24.1 Å². The number of hydrogen-bond acceptors (Lipinski definition) is 4. The second kappa shape index (κ2) is 5.61. The maximum absolute atomic E-state index is 5.75. The van der Waals surface area contributed by atoms with Gasteiger partial charge in [0.25, 0.3) is 0 Å². The van der Waals surface area contributed by atoms with Gasteiger partial charge in [0.2, 0.25) is 5.88 Å². The zero-order valence-corrected chi connectivity index (χ0v) is 11.5. The molecule has 0 aliphatic heterocycles. The van der Waals surface area contributed by atoms with Crippen molar-refractivity contribution in [1.29, 1.82) is 0 Å². The van der Waals surface area contributed by atoms with Crippen LogP contribution < -0.4 is 15.8 Å². The molecule has 4 heteroatoms. The Morgan fingerprint density at radius 1 is 1.21 bits per heavy atom. The molecular formula is C15H19N3O. The second-order valence-corrected chi connectivity index (χ2v) is 4.52. The highest BCUT2D eigenvalue weighted by molar-refractivity contribution is 5.54. The standard InChI is InChI=1S/C15H19N3O/c1-10-6-4-5-7-12(10)11(2)17-14-9-8-13(16)15(18-14)19-3/h4-9,11H,16H2,1-3H3,(H,17,18). The fourth-order valence-electron chi connectivity index (χ4n) is 2.07. The number of nitrogens with zero attached hydrogens (tertiary/aromatic N) is 1. The van der Waals surface area contributed by atoms with Crippen LogP contribution in [0.3, 0.4) is 0 Å². The average Bonchev–Trinajstić information content (AvgIpc) is 2.41. The van der Waals surface area contributed by atoms with Crippen molar-refractivity contribution in [3.63, 3.8) is 0 Å². The number of nitrogens with two attached hydrogens (primary N) is 1. The highest BCUT2D eigenvalue weighted by Crippen LogP contribution is 2.24. The molecule has 1 aromatic heterocycles. The maximum atomic E-state index is 5.75. The van der Waals surface area contributed by atoms with E-state index in [-0.39, 0.29) is 6.04 Å². The first-order valence-electron chi connectivity index (χ1n) is 6.24. The fourth-order valence-corrected chi connectivity index (χ4v) is 2.07. The van der Waals surface area contributed by atoms with E-state index in [9.17, 15) is 0 Å². The first-order chi connectivity index (χ1) is 9.11. The van der Waals surface area contributed by atoms with Crippen LogP contribution in [0.5, 0.6) is 5.88 Å². The number of rotatable bonds is 4. The summed E-state index contributed by atoms with van der Waals surface area (Å²) < 4.78 is 5.12. The molecule has 1 unspecified atom stereocenters. The summed E-state index contributed by atoms with van der Waals surface area (Å²) in [6.07, 6.45) is 0. The first-order valence-corrected chi connectivity index (χ1v) is 6.24. The number of benzene rings is 1. The molecule has 0 saturated carbocycles. The number of ether oxygens (including phenoxy) is 1. The van der Waals surface area contributed by atoms with E-state index >= 15 is 0 Å². The molecule has 0 radical (unpaired) electrons. The SMILES string of the molecule is COc1nc(NC(C)c2ccccc2C)ccc1N. The van der Waals surface area contributed by atoms with E-state index in [1.165, 1.54) is 11.1 Å². The Hall–Kier alpha value is -2.23. The lowest BCUT2D eigenvalue weighted by Crippen LogP contribution is -2.10. The Kier molecular flexibility index (Phi) is 3.90. The van der Waals surface area contributed by atoms with E-state index in [0.29, 0.717) is 11.6 Å². The van der Waals surface area contributed by atoms with E-state index in [0.717, 1.165) is 5.82 Å². The number of hydrogen-bond donors (Lipinski definition) is 2. The van der Waals surface area contributed by atoms with Gasteiger partial charge in [0.05, 0.1) is 18.8 Å². The van der Waals surface area contributed by atoms with Gasteiger partial charge in [0.15, 0.2) is 0 Å². The summed E-state index contributed by atoms with van der Waals surface area (Å²) in [5, 5.41) is 3.35. The zero-order valence-electron chi connectivity index (χ0n) is 11.5. The van der Waals surface area contributed by atoms with Crippen LogP contribution in [-0.4, -0.2) is 12.1 Å². The summed E-state index contributed by atoms with van der Waals surface area (Å²) in [5.74, 6) is 1.20. The number of nitrogen functional groups attached to an aromatic ring is 1. The minimum absolute atomic E-state index is 0.169. The largest absolute Gasteiger partial charge is 0.479 e. The maximum Gasteiger partial charge on any atom is 0.238 e. The smallest absolute Gasteiger partial charge is 0.238 e. The number of methoxy groups -OCH3 is 1. The molecule has 1 atom stereocenters. The zero-order chi connectivity index (χ0) is 13.8. The molecule has 0 saturated heterocycles. The number of aryl methyl sites for hydroxylation is 1. The lowest BCUT2D eigenvalue weighted by atomic mass is 10.0. The van der Waals surface area contributed by atoms with Crippen LogP contribution in [0, 0.1) is 6.92 Å². The molecule has 0 fully saturated rings. The third kappa shape index (κ3) is 2.96. The van der Waals surface area contributed by atoms with Gasteiger partial charge in [0.1, 0.15) is 5.82 Å². The summed E-state index contributed by atoms with van der Waals surface area (Å²) >= 11 is 0. The van der Waals surface area contributed by atoms with E-state index in [1.54, 1.807) is 13.2 Å². The van der Waals surface area contributed by atoms with Gasteiger partial charge in [-0.3, -0.25) is 0 Å². The van der Waals surface area contributed by atoms with Crippen LogP contribution in [-0.2, 0) is 0 Å². The fraction of sp³-hybridized carbons (Fsp3) is 0.267. The molecule has 0 aliphatic rings. The Bertz CT molecular complexity index is 569. The highest BCUT2D eigenvalue weighted by atomic mass is 16.5. The Morgan fingerprint density at radius 3 is 2.63 bits per heavy atom. The highest BCUT2D eigenvalue weighted by Gasteiger charge is 2.09. The molecule has 0 amide bonds. The van der Waals surface area contributed by atoms with Crippen LogP contribution in [0.4, 0.5) is 11.5 Å². The van der Waals surface area contributed by atoms with Crippen molar-refractivity contribution in [2.24, 2.45) is 0 Å². The average molecular weight is 257 g/mol. The Labute approximate surface area is 113 Å². The number of aromatic nitrogens is 1. The van der Waals surface area contributed by atoms with Gasteiger partial charge in [0, 0.05) is 0 Å². The van der Waals surface area contributed by atoms with Crippen molar-refractivity contribution < 1.29 is 4.74 Å². The lowest BCUT2D eigenvalue weighted by molar-refractivity contribution is 0.400. The summed E-state index contributed by atoms with van der Waals surface area (Å²) in [4.78, 5) is 4.33. The molecule has 19 heavy (non-hydrogen) atoms. The van der Waals surface area contributed by atoms with Crippen molar-refractivity contribution in [2.45, 2.75) is 19.9 Å². The molecule has 2 aromatic rings. The molecule has 0 aliphatic carbocycles. The van der Waals surface area contributed by atoms with Gasteiger partial charge in [-0.2, -0.15) is 4.98 Å². The molecule has 0 spiro atoms. The molecule has 100 valence electrons. The quantitative estimate of drug-likeness (QED) is 0.883. The third-order valence-corrected chi connectivity index (χ3v) is 3.10. The van der Waals surface area contributed by atoms with E-state index in [1.807, 2.05) is 18.2 Å². The summed E-state index contributed by atoms with van der Waals surface area (Å²) in [6, 6.07) is 12.1. The number of nitrogens with one attached hydrogen (secondary N) is 1. The Morgan fingerprint density at radius 2 is 1.95 bits per heavy atom. The van der Waals surface area contributed by atoms with Crippen molar-refractivity contribution >= 4 is 11.5 Å². The number of pyridine rings is 1. The predicted octanol–water partition coefficient (Wildman–Crippen LogP) is 3.15. The van der Waals surface area contributed by atoms with Gasteiger partial charge in [-0.25, -0.2) is 0 Å². The van der Waals surface area contributed by atoms with Crippen molar-refractivity contribution in [2.75, 3.05) is 18.2 Å². The molecule has 2 rings (SSSR count). The van der Waals surface area contributed by atoms with Crippen LogP contribution in [0.25, 0.3) is 0 Å². The van der Waals surface area contributed by atoms with Crippen molar-refractivity contribution in [3.8, 4) is 5.88 Å². The Balaban J connectivity index is 2.19. The van der Waals surface area contributed by atoms with Crippen molar-refractivity contribution in [3.05, 3.63) is 47.5 Å². The minimum Gasteiger partial charge on any atom is -0.479 e. The van der Waals surface area contributed by atoms with Gasteiger partial charge in [-0.15, -0.1) is 0 Å². The topological polar surface area (TPSA) is 60.2 Å². The normalized spacial score (nSPS) is 11.9. The molecular weight excluding hydrogens is 238 g/mol. The summed E-state index contributed by atoms with van der Waals surface area (Å²) in [5.41, 5.74) is 8.79. The van der Waals surface area contributed by atoms with Gasteiger partial charge in [-0.05, 0) is 37.1 Å². The first kappa shape index (κ1) is 13.2. The molecule has 3 N–H and O–H groups in total. The van der Waals surface area contributed by atoms with E-state index in [2.05, 4.69) is 36.3 Å². The van der Waals surface area contributed by atoms with Gasteiger partial charge >= 0.3 is 0 Å². The predicted molar refractivity (Wildman–Crippen MR) is 78.4 cm³/mol. The third-order valence-electron chi connectivity index (χ3n) is 3.10. The van der Waals surface area contributed by atoms with Crippen LogP contribution >= 0.6 is 0 Å². The summed E-state index contributed by atoms with van der Waals surface area (Å²) in [7, 11) is 1.56.